The molecule has 0 saturated carbocycles. The zero-order chi connectivity index (χ0) is 10.3. The quantitative estimate of drug-likeness (QED) is 0.755. The topological polar surface area (TPSA) is 34.4 Å². The third-order valence-corrected chi connectivity index (χ3v) is 2.95. The Bertz CT molecular complexity index is 253. The Kier molecular flexibility index (Phi) is 4.23. The van der Waals surface area contributed by atoms with Gasteiger partial charge >= 0.3 is 0 Å². The first kappa shape index (κ1) is 10.7. The minimum absolute atomic E-state index is 0.843. The third-order valence-electron chi connectivity index (χ3n) is 2.95. The second-order valence-corrected chi connectivity index (χ2v) is 4.10. The number of ether oxygens (including phenoxy) is 1. The van der Waals surface area contributed by atoms with Gasteiger partial charge in [-0.2, -0.15) is 0 Å². The van der Waals surface area contributed by atoms with Gasteiger partial charge in [0, 0.05) is 13.2 Å². The third kappa shape index (κ3) is 3.68. The molecule has 84 valence electrons. The number of furan rings is 1. The van der Waals surface area contributed by atoms with Crippen molar-refractivity contribution in [3.63, 3.8) is 0 Å². The molecule has 1 saturated heterocycles. The van der Waals surface area contributed by atoms with E-state index in [2.05, 4.69) is 5.32 Å². The predicted molar refractivity (Wildman–Crippen MR) is 58.6 cm³/mol. The molecule has 15 heavy (non-hydrogen) atoms. The molecule has 2 rings (SSSR count). The van der Waals surface area contributed by atoms with Gasteiger partial charge in [0.15, 0.2) is 0 Å². The van der Waals surface area contributed by atoms with Crippen LogP contribution in [0.1, 0.15) is 25.0 Å². The van der Waals surface area contributed by atoms with Crippen LogP contribution in [0, 0.1) is 5.92 Å². The lowest BCUT2D eigenvalue weighted by molar-refractivity contribution is 0.0639. The summed E-state index contributed by atoms with van der Waals surface area (Å²) in [4.78, 5) is 0. The van der Waals surface area contributed by atoms with Gasteiger partial charge in [-0.15, -0.1) is 0 Å². The molecule has 0 amide bonds. The summed E-state index contributed by atoms with van der Waals surface area (Å²) in [6.45, 7) is 3.81. The molecule has 1 aromatic rings. The minimum atomic E-state index is 0.843. The summed E-state index contributed by atoms with van der Waals surface area (Å²) in [5, 5.41) is 3.40. The van der Waals surface area contributed by atoms with Crippen LogP contribution in [-0.2, 0) is 11.3 Å². The Labute approximate surface area is 90.8 Å². The lowest BCUT2D eigenvalue weighted by Gasteiger charge is -2.21. The summed E-state index contributed by atoms with van der Waals surface area (Å²) in [5.41, 5.74) is 0. The van der Waals surface area contributed by atoms with Crippen molar-refractivity contribution in [3.05, 3.63) is 24.2 Å². The zero-order valence-corrected chi connectivity index (χ0v) is 9.08. The van der Waals surface area contributed by atoms with Crippen LogP contribution in [0.2, 0.25) is 0 Å². The summed E-state index contributed by atoms with van der Waals surface area (Å²) in [6.07, 6.45) is 5.42. The molecule has 0 bridgehead atoms. The lowest BCUT2D eigenvalue weighted by Crippen LogP contribution is -2.22. The van der Waals surface area contributed by atoms with Crippen LogP contribution in [0.15, 0.2) is 22.8 Å². The van der Waals surface area contributed by atoms with E-state index in [0.717, 1.165) is 38.0 Å². The SMILES string of the molecule is c1coc(CNCCC2CCOCC2)c1. The van der Waals surface area contributed by atoms with Gasteiger partial charge in [0.1, 0.15) is 5.76 Å². The Morgan fingerprint density at radius 3 is 2.93 bits per heavy atom. The van der Waals surface area contributed by atoms with E-state index in [9.17, 15) is 0 Å². The maximum absolute atomic E-state index is 5.33. The summed E-state index contributed by atoms with van der Waals surface area (Å²) in [5.74, 6) is 1.87. The normalized spacial score (nSPS) is 18.1. The van der Waals surface area contributed by atoms with E-state index in [4.69, 9.17) is 9.15 Å². The van der Waals surface area contributed by atoms with Gasteiger partial charge in [-0.25, -0.2) is 0 Å². The number of nitrogens with one attached hydrogen (secondary N) is 1. The van der Waals surface area contributed by atoms with E-state index in [1.165, 1.54) is 19.3 Å². The fourth-order valence-electron chi connectivity index (χ4n) is 1.97. The second-order valence-electron chi connectivity index (χ2n) is 4.10. The van der Waals surface area contributed by atoms with Crippen molar-refractivity contribution in [2.75, 3.05) is 19.8 Å². The fourth-order valence-corrected chi connectivity index (χ4v) is 1.97. The van der Waals surface area contributed by atoms with E-state index in [0.29, 0.717) is 0 Å². The highest BCUT2D eigenvalue weighted by molar-refractivity contribution is 4.97. The molecule has 2 heterocycles. The molecule has 1 fully saturated rings. The Morgan fingerprint density at radius 1 is 1.33 bits per heavy atom. The summed E-state index contributed by atoms with van der Waals surface area (Å²) in [6, 6.07) is 3.93. The van der Waals surface area contributed by atoms with E-state index in [1.807, 2.05) is 12.1 Å². The summed E-state index contributed by atoms with van der Waals surface area (Å²) >= 11 is 0. The number of hydrogen-bond acceptors (Lipinski definition) is 3. The van der Waals surface area contributed by atoms with Crippen molar-refractivity contribution in [3.8, 4) is 0 Å². The van der Waals surface area contributed by atoms with E-state index in [1.54, 1.807) is 6.26 Å². The first-order valence-electron chi connectivity index (χ1n) is 5.76. The maximum Gasteiger partial charge on any atom is 0.117 e. The average molecular weight is 209 g/mol. The smallest absolute Gasteiger partial charge is 0.117 e. The number of hydrogen-bond donors (Lipinski definition) is 1. The molecule has 3 heteroatoms. The summed E-state index contributed by atoms with van der Waals surface area (Å²) < 4.78 is 10.6. The molecule has 0 radical (unpaired) electrons. The molecule has 0 unspecified atom stereocenters. The highest BCUT2D eigenvalue weighted by atomic mass is 16.5. The fraction of sp³-hybridized carbons (Fsp3) is 0.667. The van der Waals surface area contributed by atoms with Crippen molar-refractivity contribution < 1.29 is 9.15 Å². The Hall–Kier alpha value is -0.800. The van der Waals surface area contributed by atoms with Crippen LogP contribution in [0.3, 0.4) is 0 Å². The molecular formula is C12H19NO2. The Balaban J connectivity index is 1.54. The van der Waals surface area contributed by atoms with Crippen molar-refractivity contribution >= 4 is 0 Å². The predicted octanol–water partition coefficient (Wildman–Crippen LogP) is 2.19. The zero-order valence-electron chi connectivity index (χ0n) is 9.08. The highest BCUT2D eigenvalue weighted by Gasteiger charge is 2.12. The molecule has 1 aliphatic rings. The molecule has 1 aromatic heterocycles. The molecule has 0 aromatic carbocycles. The van der Waals surface area contributed by atoms with Crippen LogP contribution in [0.5, 0.6) is 0 Å². The molecule has 0 aliphatic carbocycles. The van der Waals surface area contributed by atoms with E-state index < -0.39 is 0 Å². The van der Waals surface area contributed by atoms with Crippen molar-refractivity contribution in [2.24, 2.45) is 5.92 Å². The van der Waals surface area contributed by atoms with Gasteiger partial charge in [0.2, 0.25) is 0 Å². The minimum Gasteiger partial charge on any atom is -0.468 e. The number of rotatable bonds is 5. The Morgan fingerprint density at radius 2 is 2.20 bits per heavy atom. The van der Waals surface area contributed by atoms with Gasteiger partial charge in [-0.05, 0) is 43.9 Å². The van der Waals surface area contributed by atoms with E-state index in [-0.39, 0.29) is 0 Å². The maximum atomic E-state index is 5.33. The summed E-state index contributed by atoms with van der Waals surface area (Å²) in [7, 11) is 0. The first-order chi connectivity index (χ1) is 7.45. The monoisotopic (exact) mass is 209 g/mol. The van der Waals surface area contributed by atoms with Gasteiger partial charge in [0.25, 0.3) is 0 Å². The largest absolute Gasteiger partial charge is 0.468 e. The highest BCUT2D eigenvalue weighted by Crippen LogP contribution is 2.17. The average Bonchev–Trinajstić information content (AvgIpc) is 2.79. The van der Waals surface area contributed by atoms with Crippen molar-refractivity contribution in [1.82, 2.24) is 5.32 Å². The van der Waals surface area contributed by atoms with Gasteiger partial charge in [0.05, 0.1) is 12.8 Å². The molecule has 3 nitrogen and oxygen atoms in total. The second kappa shape index (κ2) is 5.93. The van der Waals surface area contributed by atoms with Crippen LogP contribution >= 0.6 is 0 Å². The molecule has 0 spiro atoms. The van der Waals surface area contributed by atoms with Crippen molar-refractivity contribution in [2.45, 2.75) is 25.8 Å². The molecule has 0 atom stereocenters. The van der Waals surface area contributed by atoms with Gasteiger partial charge < -0.3 is 14.5 Å². The van der Waals surface area contributed by atoms with Gasteiger partial charge in [-0.1, -0.05) is 0 Å². The van der Waals surface area contributed by atoms with Crippen molar-refractivity contribution in [1.29, 1.82) is 0 Å². The van der Waals surface area contributed by atoms with Crippen LogP contribution < -0.4 is 5.32 Å². The van der Waals surface area contributed by atoms with Crippen LogP contribution in [0.25, 0.3) is 0 Å². The molecule has 1 N–H and O–H groups in total. The first-order valence-corrected chi connectivity index (χ1v) is 5.76. The lowest BCUT2D eigenvalue weighted by atomic mass is 9.97. The van der Waals surface area contributed by atoms with Gasteiger partial charge in [-0.3, -0.25) is 0 Å². The molecular weight excluding hydrogens is 190 g/mol. The van der Waals surface area contributed by atoms with Crippen LogP contribution in [0.4, 0.5) is 0 Å². The standard InChI is InChI=1S/C12H19NO2/c1-2-12(15-7-1)10-13-6-3-11-4-8-14-9-5-11/h1-2,7,11,13H,3-6,8-10H2. The van der Waals surface area contributed by atoms with E-state index >= 15 is 0 Å². The van der Waals surface area contributed by atoms with Crippen LogP contribution in [-0.4, -0.2) is 19.8 Å². The molecule has 1 aliphatic heterocycles.